The maximum Gasteiger partial charge on any atom is 0.349 e. The van der Waals surface area contributed by atoms with Crippen LogP contribution >= 0.6 is 34.8 Å². The van der Waals surface area contributed by atoms with Crippen LogP contribution in [0.4, 0.5) is 11.4 Å². The van der Waals surface area contributed by atoms with Gasteiger partial charge in [-0.1, -0.05) is 33.5 Å². The standard InChI is InChI=1S/C14H15Cl2N3O2.C12H14ClN3O/c15-5-12(20)21-18-14(17)13-10-6-19(7-11(10)13)9-3-1-8(16)2-4-9;13-7-1-3-8(4-2-7)16-5-9-10(6-16)11(9)12(14)15-17/h1-4,10-11,13H,5-7H2,(H2,17,18);1-4,9-11,17H,5-6H2,(H2,14,15). The van der Waals surface area contributed by atoms with Crippen LogP contribution in [0, 0.1) is 35.5 Å². The van der Waals surface area contributed by atoms with Crippen molar-refractivity contribution in [2.45, 2.75) is 0 Å². The van der Waals surface area contributed by atoms with Crippen molar-refractivity contribution >= 4 is 63.8 Å². The predicted molar refractivity (Wildman–Crippen MR) is 150 cm³/mol. The molecule has 0 spiro atoms. The fourth-order valence-electron chi connectivity index (χ4n) is 5.91. The number of fused-ring (bicyclic) bond motifs is 2. The van der Waals surface area contributed by atoms with Crippen molar-refractivity contribution in [3.05, 3.63) is 58.6 Å². The number of nitrogens with two attached hydrogens (primary N) is 2. The van der Waals surface area contributed by atoms with Gasteiger partial charge in [-0.3, -0.25) is 0 Å². The second-order valence-corrected chi connectivity index (χ2v) is 11.2. The number of carbonyl (C=O) groups excluding carboxylic acids is 1. The van der Waals surface area contributed by atoms with Crippen molar-refractivity contribution in [2.75, 3.05) is 41.9 Å². The lowest BCUT2D eigenvalue weighted by Crippen LogP contribution is -2.28. The third kappa shape index (κ3) is 5.60. The van der Waals surface area contributed by atoms with Crippen LogP contribution in [-0.2, 0) is 9.63 Å². The Morgan fingerprint density at radius 3 is 1.58 bits per heavy atom. The highest BCUT2D eigenvalue weighted by Gasteiger charge is 2.58. The van der Waals surface area contributed by atoms with Gasteiger partial charge >= 0.3 is 5.97 Å². The fourth-order valence-corrected chi connectivity index (χ4v) is 6.21. The second kappa shape index (κ2) is 11.1. The lowest BCUT2D eigenvalue weighted by molar-refractivity contribution is -0.140. The van der Waals surface area contributed by atoms with Gasteiger partial charge in [0.05, 0.1) is 0 Å². The Morgan fingerprint density at radius 1 is 0.816 bits per heavy atom. The number of anilines is 2. The number of hydrogen-bond acceptors (Lipinski definition) is 7. The van der Waals surface area contributed by atoms with Gasteiger partial charge in [-0.15, -0.1) is 11.6 Å². The van der Waals surface area contributed by atoms with E-state index >= 15 is 0 Å². The van der Waals surface area contributed by atoms with Crippen LogP contribution in [0.1, 0.15) is 0 Å². The number of alkyl halides is 1. The van der Waals surface area contributed by atoms with E-state index in [0.717, 1.165) is 41.9 Å². The first-order valence-electron chi connectivity index (χ1n) is 12.4. The number of carbonyl (C=O) groups is 1. The number of piperidine rings is 2. The average molecular weight is 580 g/mol. The highest BCUT2D eigenvalue weighted by atomic mass is 35.5. The molecule has 2 aliphatic carbocycles. The smallest absolute Gasteiger partial charge is 0.349 e. The molecule has 4 fully saturated rings. The summed E-state index contributed by atoms with van der Waals surface area (Å²) in [7, 11) is 0. The summed E-state index contributed by atoms with van der Waals surface area (Å²) in [5.74, 6) is 2.48. The topological polar surface area (TPSA) is 130 Å². The molecule has 2 saturated heterocycles. The molecule has 2 aliphatic heterocycles. The van der Waals surface area contributed by atoms with Crippen LogP contribution in [0.2, 0.25) is 10.0 Å². The van der Waals surface area contributed by atoms with Gasteiger partial charge in [0.2, 0.25) is 0 Å². The Balaban J connectivity index is 0.000000158. The van der Waals surface area contributed by atoms with Crippen LogP contribution in [0.15, 0.2) is 58.8 Å². The minimum Gasteiger partial charge on any atom is -0.409 e. The molecule has 4 unspecified atom stereocenters. The lowest BCUT2D eigenvalue weighted by atomic mass is 10.2. The Hall–Kier alpha value is -2.88. The Kier molecular flexibility index (Phi) is 7.79. The molecule has 5 N–H and O–H groups in total. The molecule has 4 atom stereocenters. The van der Waals surface area contributed by atoms with Crippen molar-refractivity contribution in [1.82, 2.24) is 0 Å². The summed E-state index contributed by atoms with van der Waals surface area (Å²) < 4.78 is 0. The molecule has 38 heavy (non-hydrogen) atoms. The molecule has 2 aromatic rings. The summed E-state index contributed by atoms with van der Waals surface area (Å²) in [5, 5.41) is 16.9. The van der Waals surface area contributed by atoms with Gasteiger partial charge in [-0.05, 0) is 72.2 Å². The molecule has 0 aromatic heterocycles. The normalized spacial score (nSPS) is 29.2. The molecule has 0 radical (unpaired) electrons. The van der Waals surface area contributed by atoms with Gasteiger partial charge in [0.25, 0.3) is 0 Å². The van der Waals surface area contributed by atoms with E-state index in [4.69, 9.17) is 51.5 Å². The van der Waals surface area contributed by atoms with Crippen LogP contribution in [0.3, 0.4) is 0 Å². The van der Waals surface area contributed by atoms with Gasteiger partial charge in [0.1, 0.15) is 17.6 Å². The number of benzene rings is 2. The number of nitrogens with zero attached hydrogens (tertiary/aromatic N) is 4. The Labute approximate surface area is 235 Å². The van der Waals surface area contributed by atoms with E-state index in [0.29, 0.717) is 35.3 Å². The van der Waals surface area contributed by atoms with Crippen LogP contribution in [-0.4, -0.2) is 54.9 Å². The number of hydrogen-bond donors (Lipinski definition) is 3. The number of halogens is 3. The molecule has 4 aliphatic rings. The first kappa shape index (κ1) is 26.7. The molecule has 12 heteroatoms. The summed E-state index contributed by atoms with van der Waals surface area (Å²) >= 11 is 17.1. The van der Waals surface area contributed by atoms with Crippen LogP contribution < -0.4 is 21.3 Å². The zero-order valence-corrected chi connectivity index (χ0v) is 22.7. The van der Waals surface area contributed by atoms with Gasteiger partial charge in [-0.25, -0.2) is 4.79 Å². The SMILES string of the molecule is N/C(=N\O)C1C2CN(c3ccc(Cl)cc3)CC21.N/C(=N\OC(=O)CCl)C1C2CN(c3ccc(Cl)cc3)CC21. The maximum absolute atomic E-state index is 10.9. The number of amidine groups is 2. The third-order valence-electron chi connectivity index (χ3n) is 7.93. The molecule has 2 saturated carbocycles. The van der Waals surface area contributed by atoms with E-state index in [-0.39, 0.29) is 17.7 Å². The minimum absolute atomic E-state index is 0.205. The highest BCUT2D eigenvalue weighted by Crippen LogP contribution is 2.53. The van der Waals surface area contributed by atoms with Crippen molar-refractivity contribution in [2.24, 2.45) is 57.3 Å². The summed E-state index contributed by atoms with van der Waals surface area (Å²) in [4.78, 5) is 20.2. The molecule has 9 nitrogen and oxygen atoms in total. The summed E-state index contributed by atoms with van der Waals surface area (Å²) in [6, 6.07) is 15.7. The van der Waals surface area contributed by atoms with E-state index in [1.807, 2.05) is 48.5 Å². The predicted octanol–water partition coefficient (Wildman–Crippen LogP) is 3.85. The van der Waals surface area contributed by atoms with E-state index in [9.17, 15) is 4.79 Å². The quantitative estimate of drug-likeness (QED) is 0.118. The second-order valence-electron chi connectivity index (χ2n) is 10.1. The first-order chi connectivity index (χ1) is 18.3. The zero-order chi connectivity index (χ0) is 27.0. The van der Waals surface area contributed by atoms with Crippen LogP contribution in [0.5, 0.6) is 0 Å². The van der Waals surface area contributed by atoms with E-state index in [1.54, 1.807) is 0 Å². The molecule has 6 rings (SSSR count). The minimum atomic E-state index is -0.590. The van der Waals surface area contributed by atoms with E-state index < -0.39 is 5.97 Å². The summed E-state index contributed by atoms with van der Waals surface area (Å²) in [6.45, 7) is 3.81. The molecular weight excluding hydrogens is 551 g/mol. The first-order valence-corrected chi connectivity index (χ1v) is 13.7. The van der Waals surface area contributed by atoms with E-state index in [1.165, 1.54) is 5.69 Å². The Morgan fingerprint density at radius 2 is 1.21 bits per heavy atom. The molecule has 0 bridgehead atoms. The van der Waals surface area contributed by atoms with Gasteiger partial charge < -0.3 is 31.3 Å². The molecule has 202 valence electrons. The fraction of sp³-hybridized carbons (Fsp3) is 0.423. The maximum atomic E-state index is 10.9. The molecule has 0 amide bonds. The van der Waals surface area contributed by atoms with Crippen molar-refractivity contribution in [3.63, 3.8) is 0 Å². The summed E-state index contributed by atoms with van der Waals surface area (Å²) in [6.07, 6.45) is 0. The van der Waals surface area contributed by atoms with Gasteiger partial charge in [0, 0.05) is 59.4 Å². The third-order valence-corrected chi connectivity index (χ3v) is 8.65. The Bertz CT molecular complexity index is 1200. The van der Waals surface area contributed by atoms with Gasteiger partial charge in [0.15, 0.2) is 0 Å². The molecular formula is C26H29Cl3N6O3. The van der Waals surface area contributed by atoms with Gasteiger partial charge in [-0.2, -0.15) is 0 Å². The lowest BCUT2D eigenvalue weighted by Gasteiger charge is -2.21. The average Bonchev–Trinajstić information content (AvgIpc) is 3.65. The van der Waals surface area contributed by atoms with Crippen molar-refractivity contribution in [1.29, 1.82) is 0 Å². The highest BCUT2D eigenvalue weighted by molar-refractivity contribution is 6.31. The zero-order valence-electron chi connectivity index (χ0n) is 20.5. The number of oxime groups is 2. The van der Waals surface area contributed by atoms with E-state index in [2.05, 4.69) is 24.9 Å². The van der Waals surface area contributed by atoms with Crippen LogP contribution in [0.25, 0.3) is 0 Å². The van der Waals surface area contributed by atoms with Crippen molar-refractivity contribution < 1.29 is 14.8 Å². The summed E-state index contributed by atoms with van der Waals surface area (Å²) in [5.41, 5.74) is 13.9. The van der Waals surface area contributed by atoms with Crippen molar-refractivity contribution in [3.8, 4) is 0 Å². The molecule has 2 aromatic carbocycles. The number of rotatable bonds is 6. The largest absolute Gasteiger partial charge is 0.409 e. The molecule has 2 heterocycles. The monoisotopic (exact) mass is 578 g/mol.